The average Bonchev–Trinajstić information content (AvgIpc) is 3.76. The molecule has 0 bridgehead atoms. The van der Waals surface area contributed by atoms with Crippen LogP contribution < -0.4 is 16.4 Å². The van der Waals surface area contributed by atoms with Gasteiger partial charge in [-0.2, -0.15) is 0 Å². The highest BCUT2D eigenvalue weighted by molar-refractivity contribution is 7.13. The number of amides is 4. The lowest BCUT2D eigenvalue weighted by molar-refractivity contribution is -0.144. The molecule has 1 saturated heterocycles. The summed E-state index contributed by atoms with van der Waals surface area (Å²) in [6, 6.07) is 14.2. The van der Waals surface area contributed by atoms with Gasteiger partial charge in [0, 0.05) is 25.9 Å². The van der Waals surface area contributed by atoms with Gasteiger partial charge in [-0.3, -0.25) is 19.2 Å². The zero-order valence-electron chi connectivity index (χ0n) is 32.7. The van der Waals surface area contributed by atoms with E-state index in [-0.39, 0.29) is 50.6 Å². The second kappa shape index (κ2) is 21.2. The summed E-state index contributed by atoms with van der Waals surface area (Å²) in [6.45, 7) is 10.9. The third-order valence-corrected chi connectivity index (χ3v) is 10.4. The van der Waals surface area contributed by atoms with Crippen molar-refractivity contribution < 1.29 is 38.5 Å². The molecule has 13 nitrogen and oxygen atoms in total. The normalized spacial score (nSPS) is 16.8. The molecule has 4 amide bonds. The lowest BCUT2D eigenvalue weighted by atomic mass is 9.85. The number of aryl methyl sites for hydroxylation is 1. The van der Waals surface area contributed by atoms with Crippen LogP contribution >= 0.6 is 11.3 Å². The number of likely N-dealkylation sites (tertiary alicyclic amines) is 1. The van der Waals surface area contributed by atoms with Gasteiger partial charge in [0.05, 0.1) is 54.7 Å². The van der Waals surface area contributed by atoms with Crippen molar-refractivity contribution in [1.29, 1.82) is 0 Å². The predicted octanol–water partition coefficient (Wildman–Crippen LogP) is 4.06. The molecule has 0 radical (unpaired) electrons. The Hall–Kier alpha value is -4.21. The Morgan fingerprint density at radius 2 is 1.67 bits per heavy atom. The summed E-state index contributed by atoms with van der Waals surface area (Å²) in [6.07, 6.45) is 1.87. The first-order valence-corrected chi connectivity index (χ1v) is 19.8. The maximum Gasteiger partial charge on any atom is 0.246 e. The van der Waals surface area contributed by atoms with Crippen LogP contribution in [-0.2, 0) is 53.0 Å². The molecule has 0 unspecified atom stereocenters. The lowest BCUT2D eigenvalue weighted by Gasteiger charge is -2.35. The lowest BCUT2D eigenvalue weighted by Crippen LogP contribution is -2.58. The Balaban J connectivity index is 1.16. The highest BCUT2D eigenvalue weighted by Gasteiger charge is 2.44. The highest BCUT2D eigenvalue weighted by Crippen LogP contribution is 2.28. The maximum absolute atomic E-state index is 13.9. The highest BCUT2D eigenvalue weighted by atomic mass is 32.1. The molecule has 3 aromatic rings. The van der Waals surface area contributed by atoms with Crippen LogP contribution in [0.15, 0.2) is 54.0 Å². The van der Waals surface area contributed by atoms with Gasteiger partial charge < -0.3 is 40.6 Å². The summed E-state index contributed by atoms with van der Waals surface area (Å²) in [4.78, 5) is 57.8. The number of rotatable bonds is 21. The van der Waals surface area contributed by atoms with E-state index in [0.29, 0.717) is 39.1 Å². The fraction of sp³-hybridized carbons (Fsp3) is 0.537. The first kappa shape index (κ1) is 43.5. The molecule has 1 aliphatic rings. The summed E-state index contributed by atoms with van der Waals surface area (Å²) >= 11 is 1.57. The van der Waals surface area contributed by atoms with Gasteiger partial charge in [-0.05, 0) is 60.8 Å². The van der Waals surface area contributed by atoms with Crippen molar-refractivity contribution in [3.05, 3.63) is 76.4 Å². The van der Waals surface area contributed by atoms with Gasteiger partial charge in [0.2, 0.25) is 23.6 Å². The molecule has 4 atom stereocenters. The number of aliphatic hydroxyl groups excluding tert-OH is 1. The predicted molar refractivity (Wildman–Crippen MR) is 211 cm³/mol. The van der Waals surface area contributed by atoms with E-state index in [9.17, 15) is 24.3 Å². The van der Waals surface area contributed by atoms with Crippen LogP contribution in [0.2, 0.25) is 0 Å². The first-order chi connectivity index (χ1) is 26.2. The number of aliphatic hydroxyl groups is 1. The number of aromatic nitrogens is 1. The topological polar surface area (TPSA) is 182 Å². The Bertz CT molecular complexity index is 1690. The van der Waals surface area contributed by atoms with Crippen LogP contribution in [0.5, 0.6) is 0 Å². The van der Waals surface area contributed by atoms with E-state index >= 15 is 0 Å². The molecule has 55 heavy (non-hydrogen) atoms. The Morgan fingerprint density at radius 3 is 2.33 bits per heavy atom. The second-order valence-electron chi connectivity index (χ2n) is 15.2. The van der Waals surface area contributed by atoms with Gasteiger partial charge in [0.1, 0.15) is 18.7 Å². The smallest absolute Gasteiger partial charge is 0.246 e. The van der Waals surface area contributed by atoms with E-state index in [1.807, 2.05) is 88.7 Å². The molecule has 0 aliphatic carbocycles. The largest absolute Gasteiger partial charge is 0.391 e. The minimum Gasteiger partial charge on any atom is -0.391 e. The summed E-state index contributed by atoms with van der Waals surface area (Å²) in [5, 5.41) is 16.2. The molecule has 2 aromatic carbocycles. The molecule has 4 rings (SSSR count). The zero-order chi connectivity index (χ0) is 40.0. The van der Waals surface area contributed by atoms with Gasteiger partial charge in [-0.15, -0.1) is 11.3 Å². The summed E-state index contributed by atoms with van der Waals surface area (Å²) in [5.74, 6) is -1.55. The van der Waals surface area contributed by atoms with Crippen molar-refractivity contribution in [3.63, 3.8) is 0 Å². The number of hydrogen-bond acceptors (Lipinski definition) is 10. The van der Waals surface area contributed by atoms with Crippen LogP contribution in [0.3, 0.4) is 0 Å². The molecule has 5 N–H and O–H groups in total. The standard InChI is InChI=1S/C41H57N5O8S/c1-27(7-6-8-35(42)48)54-24-31-11-9-29(10-12-31)17-18-52-19-20-53-25-36(49)45-38(41(3,4)5)40(51)46-23-33(47)21-34(46)39(50)43-22-30-13-15-32(16-14-30)37-28(2)44-26-55-37/h9-16,26-27,33-34,38,47H,6-8,17-25H2,1-5H3,(H2,42,48)(H,43,50)(H,45,49)/t27-,33-,34+,38-/m1/s1. The number of thiazole rings is 1. The second-order valence-corrected chi connectivity index (χ2v) is 16.0. The average molecular weight is 780 g/mol. The van der Waals surface area contributed by atoms with Gasteiger partial charge in [-0.1, -0.05) is 69.3 Å². The molecule has 0 saturated carbocycles. The molecular weight excluding hydrogens is 723 g/mol. The molecule has 0 spiro atoms. The van der Waals surface area contributed by atoms with Gasteiger partial charge >= 0.3 is 0 Å². The number of β-amino-alcohol motifs (C(OH)–C–C–N with tert-alkyl or cyclic N) is 1. The Morgan fingerprint density at radius 1 is 1.00 bits per heavy atom. The number of ether oxygens (including phenoxy) is 3. The van der Waals surface area contributed by atoms with E-state index < -0.39 is 35.4 Å². The van der Waals surface area contributed by atoms with Crippen LogP contribution in [0.1, 0.15) is 75.8 Å². The van der Waals surface area contributed by atoms with E-state index in [2.05, 4.69) is 15.6 Å². The van der Waals surface area contributed by atoms with Gasteiger partial charge in [0.15, 0.2) is 0 Å². The summed E-state index contributed by atoms with van der Waals surface area (Å²) in [7, 11) is 0. The SMILES string of the molecule is Cc1ncsc1-c1ccc(CNC(=O)[C@@H]2C[C@@H](O)CN2C(=O)[C@@H](NC(=O)COCCOCCc2ccc(CO[C@H](C)CCCC(N)=O)cc2)C(C)(C)C)cc1. The number of nitrogens with one attached hydrogen (secondary N) is 2. The van der Waals surface area contributed by atoms with Crippen LogP contribution in [0.25, 0.3) is 10.4 Å². The monoisotopic (exact) mass is 779 g/mol. The van der Waals surface area contributed by atoms with Gasteiger partial charge in [-0.25, -0.2) is 4.98 Å². The van der Waals surface area contributed by atoms with Crippen molar-refractivity contribution in [3.8, 4) is 10.4 Å². The number of benzene rings is 2. The van der Waals surface area contributed by atoms with E-state index in [4.69, 9.17) is 19.9 Å². The molecule has 300 valence electrons. The number of hydrogen-bond donors (Lipinski definition) is 4. The van der Waals surface area contributed by atoms with Crippen molar-refractivity contribution in [1.82, 2.24) is 20.5 Å². The maximum atomic E-state index is 13.9. The number of primary amides is 1. The van der Waals surface area contributed by atoms with Crippen molar-refractivity contribution in [2.24, 2.45) is 11.1 Å². The van der Waals surface area contributed by atoms with Gasteiger partial charge in [0.25, 0.3) is 0 Å². The minimum atomic E-state index is -0.946. The third-order valence-electron chi connectivity index (χ3n) is 9.44. The van der Waals surface area contributed by atoms with Crippen LogP contribution in [0.4, 0.5) is 0 Å². The van der Waals surface area contributed by atoms with Crippen molar-refractivity contribution in [2.75, 3.05) is 33.0 Å². The molecular formula is C41H57N5O8S. The minimum absolute atomic E-state index is 0.00521. The van der Waals surface area contributed by atoms with Crippen LogP contribution in [-0.4, -0.2) is 95.9 Å². The number of carbonyl (C=O) groups excluding carboxylic acids is 4. The molecule has 1 aromatic heterocycles. The first-order valence-electron chi connectivity index (χ1n) is 18.9. The summed E-state index contributed by atoms with van der Waals surface area (Å²) in [5.41, 5.74) is 11.4. The molecule has 14 heteroatoms. The van der Waals surface area contributed by atoms with E-state index in [1.165, 1.54) is 4.90 Å². The fourth-order valence-electron chi connectivity index (χ4n) is 6.25. The molecule has 1 fully saturated rings. The third kappa shape index (κ3) is 14.1. The number of nitrogens with two attached hydrogens (primary N) is 1. The Kier molecular flexibility index (Phi) is 16.8. The number of nitrogens with zero attached hydrogens (tertiary/aromatic N) is 2. The molecule has 1 aliphatic heterocycles. The van der Waals surface area contributed by atoms with Crippen LogP contribution in [0, 0.1) is 12.3 Å². The Labute approximate surface area is 328 Å². The quantitative estimate of drug-likeness (QED) is 0.116. The van der Waals surface area contributed by atoms with Crippen molar-refractivity contribution >= 4 is 35.0 Å². The van der Waals surface area contributed by atoms with Crippen molar-refractivity contribution in [2.45, 2.75) is 104 Å². The zero-order valence-corrected chi connectivity index (χ0v) is 33.5. The number of carbonyl (C=O) groups is 4. The fourth-order valence-corrected chi connectivity index (χ4v) is 7.06. The summed E-state index contributed by atoms with van der Waals surface area (Å²) < 4.78 is 17.1. The van der Waals surface area contributed by atoms with E-state index in [1.54, 1.807) is 11.3 Å². The van der Waals surface area contributed by atoms with E-state index in [0.717, 1.165) is 39.2 Å². The molecule has 2 heterocycles.